The summed E-state index contributed by atoms with van der Waals surface area (Å²) in [5.74, 6) is -0.674. The predicted octanol–water partition coefficient (Wildman–Crippen LogP) is 13.2. The van der Waals surface area contributed by atoms with Crippen molar-refractivity contribution in [2.45, 2.75) is 13.8 Å². The van der Waals surface area contributed by atoms with Crippen LogP contribution in [0.1, 0.15) is 13.8 Å². The van der Waals surface area contributed by atoms with Crippen LogP contribution in [0.4, 0.5) is 20.2 Å². The molecule has 0 saturated heterocycles. The van der Waals surface area contributed by atoms with Crippen molar-refractivity contribution in [3.8, 4) is 44.5 Å². The summed E-state index contributed by atoms with van der Waals surface area (Å²) in [4.78, 5) is 10.2. The molecule has 0 amide bonds. The second kappa shape index (κ2) is 16.7. The first-order valence-electron chi connectivity index (χ1n) is 14.7. The van der Waals surface area contributed by atoms with Gasteiger partial charge >= 0.3 is 39.3 Å². The Morgan fingerprint density at radius 3 is 0.872 bits per heavy atom. The van der Waals surface area contributed by atoms with E-state index in [2.05, 4.69) is 28.5 Å². The van der Waals surface area contributed by atoms with Crippen LogP contribution in [0.2, 0.25) is 0 Å². The Balaban J connectivity index is 0.00000139. The molecule has 0 radical (unpaired) electrons. The SMILES string of the molecule is CC(=Nc1c(-c2ccccc2)cc(F)cc1-c1ccccc1)C(C)=Nc1c(-c2ccccc2)cc(F)cc1-c1ccccc1.[Br][Ni][Br]. The molecule has 0 aliphatic rings. The van der Waals surface area contributed by atoms with Crippen LogP contribution in [-0.2, 0) is 10.9 Å². The Kier molecular flexibility index (Phi) is 12.2. The molecular weight excluding hydrogens is 765 g/mol. The van der Waals surface area contributed by atoms with E-state index in [0.717, 1.165) is 22.3 Å². The molecule has 0 bridgehead atoms. The van der Waals surface area contributed by atoms with Gasteiger partial charge in [0.25, 0.3) is 0 Å². The van der Waals surface area contributed by atoms with Crippen molar-refractivity contribution in [2.75, 3.05) is 0 Å². The minimum atomic E-state index is -0.337. The van der Waals surface area contributed by atoms with Gasteiger partial charge in [-0.1, -0.05) is 121 Å². The summed E-state index contributed by atoms with van der Waals surface area (Å²) >= 11 is 6.00. The topological polar surface area (TPSA) is 24.7 Å². The second-order valence-electron chi connectivity index (χ2n) is 10.6. The number of aliphatic imine (C=N–C) groups is 2. The van der Waals surface area contributed by atoms with Gasteiger partial charge in [0.2, 0.25) is 0 Å². The van der Waals surface area contributed by atoms with Gasteiger partial charge in [0, 0.05) is 22.3 Å². The number of rotatable bonds is 7. The Labute approximate surface area is 294 Å². The monoisotopic (exact) mass is 792 g/mol. The summed E-state index contributed by atoms with van der Waals surface area (Å²) in [6.07, 6.45) is 0. The van der Waals surface area contributed by atoms with Gasteiger partial charge < -0.3 is 0 Å². The van der Waals surface area contributed by atoms with E-state index in [1.807, 2.05) is 135 Å². The summed E-state index contributed by atoms with van der Waals surface area (Å²) in [6.45, 7) is 3.80. The average molecular weight is 795 g/mol. The molecule has 0 fully saturated rings. The normalized spacial score (nSPS) is 11.6. The molecule has 0 saturated carbocycles. The maximum atomic E-state index is 15.1. The zero-order valence-electron chi connectivity index (χ0n) is 25.6. The number of hydrogen-bond donors (Lipinski definition) is 0. The molecule has 0 aromatic heterocycles. The third-order valence-electron chi connectivity index (χ3n) is 7.57. The molecule has 0 unspecified atom stereocenters. The van der Waals surface area contributed by atoms with E-state index in [-0.39, 0.29) is 11.6 Å². The van der Waals surface area contributed by atoms with E-state index in [1.165, 1.54) is 35.2 Å². The van der Waals surface area contributed by atoms with Gasteiger partial charge in [0.05, 0.1) is 22.8 Å². The van der Waals surface area contributed by atoms with Crippen LogP contribution in [0.3, 0.4) is 0 Å². The van der Waals surface area contributed by atoms with Crippen molar-refractivity contribution in [2.24, 2.45) is 9.98 Å². The second-order valence-corrected chi connectivity index (χ2v) is 15.6. The van der Waals surface area contributed by atoms with Crippen molar-refractivity contribution in [3.63, 3.8) is 0 Å². The molecule has 6 aromatic carbocycles. The van der Waals surface area contributed by atoms with E-state index in [9.17, 15) is 0 Å². The summed E-state index contributed by atoms with van der Waals surface area (Å²) in [7, 11) is 1.25. The van der Waals surface area contributed by atoms with E-state index in [0.29, 0.717) is 45.1 Å². The zero-order chi connectivity index (χ0) is 33.2. The fourth-order valence-electron chi connectivity index (χ4n) is 5.29. The summed E-state index contributed by atoms with van der Waals surface area (Å²) in [5.41, 5.74) is 8.83. The van der Waals surface area contributed by atoms with Crippen LogP contribution in [0.15, 0.2) is 156 Å². The Morgan fingerprint density at radius 1 is 0.447 bits per heavy atom. The van der Waals surface area contributed by atoms with Crippen LogP contribution in [0.5, 0.6) is 0 Å². The van der Waals surface area contributed by atoms with Crippen molar-refractivity contribution in [1.29, 1.82) is 0 Å². The van der Waals surface area contributed by atoms with Crippen molar-refractivity contribution < 1.29 is 19.7 Å². The van der Waals surface area contributed by atoms with Gasteiger partial charge in [-0.25, -0.2) is 8.78 Å². The van der Waals surface area contributed by atoms with Gasteiger partial charge in [-0.05, 0) is 60.4 Å². The number of benzene rings is 6. The van der Waals surface area contributed by atoms with Crippen LogP contribution in [0, 0.1) is 11.6 Å². The summed E-state index contributed by atoms with van der Waals surface area (Å²) in [6, 6.07) is 44.9. The molecule has 47 heavy (non-hydrogen) atoms. The number of halogens is 4. The predicted molar refractivity (Wildman–Crippen MR) is 198 cm³/mol. The maximum absolute atomic E-state index is 15.1. The summed E-state index contributed by atoms with van der Waals surface area (Å²) < 4.78 is 30.2. The van der Waals surface area contributed by atoms with Gasteiger partial charge in [-0.3, -0.25) is 9.98 Å². The fraction of sp³-hybridized carbons (Fsp3) is 0.0500. The molecule has 0 atom stereocenters. The zero-order valence-corrected chi connectivity index (χ0v) is 29.7. The van der Waals surface area contributed by atoms with Crippen molar-refractivity contribution in [3.05, 3.63) is 157 Å². The fourth-order valence-corrected chi connectivity index (χ4v) is 5.29. The van der Waals surface area contributed by atoms with E-state index in [4.69, 9.17) is 9.98 Å². The molecule has 2 nitrogen and oxygen atoms in total. The Morgan fingerprint density at radius 2 is 0.660 bits per heavy atom. The van der Waals surface area contributed by atoms with E-state index in [1.54, 1.807) is 0 Å². The first kappa shape index (κ1) is 34.3. The molecule has 7 heteroatoms. The standard InChI is InChI=1S/C40H30F2N2.2BrH.Ni/c1-27(43-39-35(29-15-7-3-8-16-29)23-33(41)24-36(39)30-17-9-4-10-18-30)28(2)44-40-37(31-19-11-5-12-20-31)25-34(42)26-38(40)32-21-13-6-14-22-32;;;/h3-26H,1-2H3;2*1H;/q;;;+2/p-2. The van der Waals surface area contributed by atoms with E-state index >= 15 is 8.78 Å². The van der Waals surface area contributed by atoms with Crippen LogP contribution >= 0.6 is 28.5 Å². The van der Waals surface area contributed by atoms with Crippen LogP contribution in [0.25, 0.3) is 44.5 Å². The average Bonchev–Trinajstić information content (AvgIpc) is 3.11. The first-order valence-corrected chi connectivity index (χ1v) is 19.6. The Hall–Kier alpha value is -4.03. The van der Waals surface area contributed by atoms with Crippen LogP contribution in [-0.4, -0.2) is 11.4 Å². The Bertz CT molecular complexity index is 1730. The molecule has 0 heterocycles. The summed E-state index contributed by atoms with van der Waals surface area (Å²) in [5, 5.41) is 0. The first-order chi connectivity index (χ1) is 22.9. The molecular formula is C40H30Br2F2N2Ni. The van der Waals surface area contributed by atoms with Gasteiger partial charge in [-0.15, -0.1) is 0 Å². The molecule has 0 aliphatic heterocycles. The quantitative estimate of drug-likeness (QED) is 0.114. The van der Waals surface area contributed by atoms with Gasteiger partial charge in [0.15, 0.2) is 0 Å². The third kappa shape index (κ3) is 8.67. The molecule has 0 spiro atoms. The molecule has 0 N–H and O–H groups in total. The minimum absolute atomic E-state index is 0.337. The molecule has 0 aliphatic carbocycles. The molecule has 6 aromatic rings. The van der Waals surface area contributed by atoms with E-state index < -0.39 is 0 Å². The van der Waals surface area contributed by atoms with Gasteiger partial charge in [-0.2, -0.15) is 0 Å². The molecule has 6 rings (SSSR count). The van der Waals surface area contributed by atoms with Crippen LogP contribution < -0.4 is 0 Å². The number of hydrogen-bond acceptors (Lipinski definition) is 2. The number of nitrogens with zero attached hydrogens (tertiary/aromatic N) is 2. The third-order valence-corrected chi connectivity index (χ3v) is 7.57. The molecule has 238 valence electrons. The van der Waals surface area contributed by atoms with Crippen molar-refractivity contribution >= 4 is 51.2 Å². The van der Waals surface area contributed by atoms with Crippen molar-refractivity contribution in [1.82, 2.24) is 0 Å². The van der Waals surface area contributed by atoms with Gasteiger partial charge in [0.1, 0.15) is 11.6 Å².